The molecule has 2 amide bonds. The maximum Gasteiger partial charge on any atom is 0.253 e. The van der Waals surface area contributed by atoms with Gasteiger partial charge in [0.25, 0.3) is 5.91 Å². The summed E-state index contributed by atoms with van der Waals surface area (Å²) in [6, 6.07) is 27.6. The van der Waals surface area contributed by atoms with Crippen LogP contribution in [0.3, 0.4) is 0 Å². The van der Waals surface area contributed by atoms with E-state index in [1.807, 2.05) is 89.8 Å². The molecule has 1 N–H and O–H groups in total. The van der Waals surface area contributed by atoms with E-state index < -0.39 is 5.60 Å². The van der Waals surface area contributed by atoms with Gasteiger partial charge in [0, 0.05) is 30.0 Å². The second-order valence-corrected chi connectivity index (χ2v) is 8.71. The van der Waals surface area contributed by atoms with Gasteiger partial charge in [-0.2, -0.15) is 0 Å². The number of amides is 2. The number of anilines is 2. The Morgan fingerprint density at radius 3 is 2.39 bits per heavy atom. The van der Waals surface area contributed by atoms with Crippen LogP contribution in [0.4, 0.5) is 11.4 Å². The van der Waals surface area contributed by atoms with E-state index in [0.29, 0.717) is 13.1 Å². The number of morpholine rings is 1. The number of ether oxygens (including phenoxy) is 1. The SMILES string of the molecule is O=C(CN1CCC2(C1)CN(c1ccccc1)C(=O)CO2)Nc1ccccc1-c1ccccc1. The Hall–Kier alpha value is -3.48. The Morgan fingerprint density at radius 2 is 1.61 bits per heavy atom. The van der Waals surface area contributed by atoms with Gasteiger partial charge in [-0.05, 0) is 30.2 Å². The number of para-hydroxylation sites is 2. The number of nitrogens with zero attached hydrogens (tertiary/aromatic N) is 2. The Kier molecular flexibility index (Phi) is 5.94. The Labute approximate surface area is 193 Å². The average molecular weight is 442 g/mol. The van der Waals surface area contributed by atoms with Crippen LogP contribution in [0.5, 0.6) is 0 Å². The third kappa shape index (κ3) is 4.67. The van der Waals surface area contributed by atoms with Crippen molar-refractivity contribution in [1.29, 1.82) is 0 Å². The number of nitrogens with one attached hydrogen (secondary N) is 1. The molecular weight excluding hydrogens is 414 g/mol. The van der Waals surface area contributed by atoms with Crippen molar-refractivity contribution < 1.29 is 14.3 Å². The summed E-state index contributed by atoms with van der Waals surface area (Å²) in [4.78, 5) is 29.3. The summed E-state index contributed by atoms with van der Waals surface area (Å²) in [7, 11) is 0. The molecule has 2 aliphatic heterocycles. The second kappa shape index (κ2) is 9.17. The molecule has 0 bridgehead atoms. The number of hydrogen-bond acceptors (Lipinski definition) is 4. The molecule has 2 fully saturated rings. The first-order valence-electron chi connectivity index (χ1n) is 11.3. The topological polar surface area (TPSA) is 61.9 Å². The molecule has 3 aromatic rings. The molecule has 168 valence electrons. The van der Waals surface area contributed by atoms with Gasteiger partial charge in [0.15, 0.2) is 0 Å². The van der Waals surface area contributed by atoms with Crippen LogP contribution in [0.1, 0.15) is 6.42 Å². The van der Waals surface area contributed by atoms with Crippen LogP contribution in [0.25, 0.3) is 11.1 Å². The number of likely N-dealkylation sites (tertiary alicyclic amines) is 1. The fourth-order valence-corrected chi connectivity index (χ4v) is 4.72. The predicted molar refractivity (Wildman–Crippen MR) is 129 cm³/mol. The third-order valence-corrected chi connectivity index (χ3v) is 6.37. The first-order valence-corrected chi connectivity index (χ1v) is 11.3. The molecule has 1 unspecified atom stereocenters. The minimum Gasteiger partial charge on any atom is -0.362 e. The zero-order chi connectivity index (χ0) is 22.7. The molecule has 1 atom stereocenters. The number of carbonyl (C=O) groups excluding carboxylic acids is 2. The van der Waals surface area contributed by atoms with Crippen molar-refractivity contribution >= 4 is 23.2 Å². The fourth-order valence-electron chi connectivity index (χ4n) is 4.72. The normalized spacial score (nSPS) is 20.8. The summed E-state index contributed by atoms with van der Waals surface area (Å²) < 4.78 is 6.03. The minimum atomic E-state index is -0.439. The zero-order valence-electron chi connectivity index (χ0n) is 18.4. The Morgan fingerprint density at radius 1 is 0.909 bits per heavy atom. The standard InChI is InChI=1S/C27H27N3O3/c31-25(28-24-14-8-7-13-23(24)21-9-3-1-4-10-21)17-29-16-15-27(19-29)20-30(26(32)18-33-27)22-11-5-2-6-12-22/h1-14H,15-20H2,(H,28,31). The average Bonchev–Trinajstić information content (AvgIpc) is 3.24. The van der Waals surface area contributed by atoms with E-state index in [2.05, 4.69) is 10.2 Å². The number of benzene rings is 3. The highest BCUT2D eigenvalue weighted by atomic mass is 16.5. The van der Waals surface area contributed by atoms with E-state index in [1.165, 1.54) is 0 Å². The smallest absolute Gasteiger partial charge is 0.253 e. The van der Waals surface area contributed by atoms with Crippen molar-refractivity contribution in [3.05, 3.63) is 84.9 Å². The van der Waals surface area contributed by atoms with Gasteiger partial charge in [-0.1, -0.05) is 66.7 Å². The highest BCUT2D eigenvalue weighted by Gasteiger charge is 2.45. The number of hydrogen-bond donors (Lipinski definition) is 1. The molecule has 2 heterocycles. The van der Waals surface area contributed by atoms with Crippen LogP contribution in [0.15, 0.2) is 84.9 Å². The lowest BCUT2D eigenvalue weighted by Crippen LogP contribution is -2.56. The van der Waals surface area contributed by atoms with Gasteiger partial charge in [0.05, 0.1) is 13.1 Å². The second-order valence-electron chi connectivity index (χ2n) is 8.71. The van der Waals surface area contributed by atoms with E-state index in [-0.39, 0.29) is 25.0 Å². The van der Waals surface area contributed by atoms with Gasteiger partial charge < -0.3 is 15.0 Å². The number of carbonyl (C=O) groups is 2. The van der Waals surface area contributed by atoms with Crippen molar-refractivity contribution in [3.8, 4) is 11.1 Å². The molecule has 0 radical (unpaired) electrons. The largest absolute Gasteiger partial charge is 0.362 e. The summed E-state index contributed by atoms with van der Waals surface area (Å²) in [5, 5.41) is 3.08. The lowest BCUT2D eigenvalue weighted by atomic mass is 10.00. The lowest BCUT2D eigenvalue weighted by Gasteiger charge is -2.40. The zero-order valence-corrected chi connectivity index (χ0v) is 18.4. The summed E-state index contributed by atoms with van der Waals surface area (Å²) in [6.45, 7) is 2.24. The van der Waals surface area contributed by atoms with Crippen LogP contribution in [-0.2, 0) is 14.3 Å². The highest BCUT2D eigenvalue weighted by Crippen LogP contribution is 2.32. The van der Waals surface area contributed by atoms with Gasteiger partial charge in [0.2, 0.25) is 5.91 Å². The van der Waals surface area contributed by atoms with Gasteiger partial charge in [-0.3, -0.25) is 14.5 Å². The molecule has 0 saturated carbocycles. The molecule has 2 aliphatic rings. The third-order valence-electron chi connectivity index (χ3n) is 6.37. The van der Waals surface area contributed by atoms with Crippen LogP contribution in [0.2, 0.25) is 0 Å². The van der Waals surface area contributed by atoms with Crippen molar-refractivity contribution in [2.24, 2.45) is 0 Å². The van der Waals surface area contributed by atoms with Crippen molar-refractivity contribution in [2.75, 3.05) is 43.0 Å². The van der Waals surface area contributed by atoms with Crippen LogP contribution in [0, 0.1) is 0 Å². The summed E-state index contributed by atoms with van der Waals surface area (Å²) in [6.07, 6.45) is 0.789. The van der Waals surface area contributed by atoms with Crippen LogP contribution < -0.4 is 10.2 Å². The van der Waals surface area contributed by atoms with E-state index >= 15 is 0 Å². The minimum absolute atomic E-state index is 0.0273. The molecule has 6 heteroatoms. The maximum atomic E-state index is 12.9. The summed E-state index contributed by atoms with van der Waals surface area (Å²) >= 11 is 0. The van der Waals surface area contributed by atoms with E-state index in [9.17, 15) is 9.59 Å². The molecule has 6 nitrogen and oxygen atoms in total. The molecule has 5 rings (SSSR count). The maximum absolute atomic E-state index is 12.9. The Balaban J connectivity index is 1.23. The van der Waals surface area contributed by atoms with Gasteiger partial charge in [-0.15, -0.1) is 0 Å². The van der Waals surface area contributed by atoms with Crippen molar-refractivity contribution in [3.63, 3.8) is 0 Å². The molecule has 0 aromatic heterocycles. The first-order chi connectivity index (χ1) is 16.1. The molecule has 0 aliphatic carbocycles. The Bertz CT molecular complexity index is 1140. The molecule has 3 aromatic carbocycles. The predicted octanol–water partition coefficient (Wildman–Crippen LogP) is 3.80. The van der Waals surface area contributed by atoms with Crippen molar-refractivity contribution in [2.45, 2.75) is 12.0 Å². The van der Waals surface area contributed by atoms with Crippen molar-refractivity contribution in [1.82, 2.24) is 4.90 Å². The molecule has 33 heavy (non-hydrogen) atoms. The van der Waals surface area contributed by atoms with E-state index in [4.69, 9.17) is 4.74 Å². The number of rotatable bonds is 5. The van der Waals surface area contributed by atoms with Gasteiger partial charge >= 0.3 is 0 Å². The first kappa shape index (κ1) is 21.4. The highest BCUT2D eigenvalue weighted by molar-refractivity contribution is 5.97. The fraction of sp³-hybridized carbons (Fsp3) is 0.259. The lowest BCUT2D eigenvalue weighted by molar-refractivity contribution is -0.137. The quantitative estimate of drug-likeness (QED) is 0.654. The summed E-state index contributed by atoms with van der Waals surface area (Å²) in [5.74, 6) is -0.0808. The van der Waals surface area contributed by atoms with E-state index in [0.717, 1.165) is 35.5 Å². The van der Waals surface area contributed by atoms with E-state index in [1.54, 1.807) is 0 Å². The summed E-state index contributed by atoms with van der Waals surface area (Å²) in [5.41, 5.74) is 3.31. The molecular formula is C27H27N3O3. The molecule has 1 spiro atoms. The van der Waals surface area contributed by atoms with Gasteiger partial charge in [-0.25, -0.2) is 0 Å². The monoisotopic (exact) mass is 441 g/mol. The van der Waals surface area contributed by atoms with Gasteiger partial charge in [0.1, 0.15) is 12.2 Å². The molecule has 2 saturated heterocycles. The van der Waals surface area contributed by atoms with Crippen LogP contribution in [-0.4, -0.2) is 55.1 Å². The van der Waals surface area contributed by atoms with Crippen LogP contribution >= 0.6 is 0 Å².